The first-order valence-corrected chi connectivity index (χ1v) is 9.52. The fraction of sp³-hybridized carbons (Fsp3) is 0.0952. The minimum absolute atomic E-state index is 0.0530. The molecule has 2 aromatic carbocycles. The average molecular weight is 374 g/mol. The molecule has 5 nitrogen and oxygen atoms in total. The molecule has 0 bridgehead atoms. The minimum atomic E-state index is -0.340. The summed E-state index contributed by atoms with van der Waals surface area (Å²) in [5.74, 6) is 0.651. The molecule has 134 valence electrons. The number of benzene rings is 2. The van der Waals surface area contributed by atoms with Gasteiger partial charge in [-0.3, -0.25) is 9.20 Å². The summed E-state index contributed by atoms with van der Waals surface area (Å²) in [6, 6.07) is 25.5. The number of amides is 1. The largest absolute Gasteiger partial charge is 0.348 e. The molecule has 1 amide bonds. The second-order valence-corrected chi connectivity index (χ2v) is 7.16. The number of hydrogen-bond acceptors (Lipinski definition) is 4. The molecule has 0 fully saturated rings. The summed E-state index contributed by atoms with van der Waals surface area (Å²) >= 11 is 1.54. The maximum atomic E-state index is 13.0. The fourth-order valence-electron chi connectivity index (χ4n) is 2.81. The Labute approximate surface area is 161 Å². The number of nitrogens with one attached hydrogen (secondary N) is 1. The van der Waals surface area contributed by atoms with E-state index in [1.165, 1.54) is 11.8 Å². The third kappa shape index (κ3) is 4.01. The highest BCUT2D eigenvalue weighted by molar-refractivity contribution is 8.00. The highest BCUT2D eigenvalue weighted by atomic mass is 32.2. The van der Waals surface area contributed by atoms with Crippen molar-refractivity contribution in [1.82, 2.24) is 19.9 Å². The van der Waals surface area contributed by atoms with Gasteiger partial charge >= 0.3 is 0 Å². The molecule has 4 aromatic rings. The van der Waals surface area contributed by atoms with Crippen molar-refractivity contribution in [1.29, 1.82) is 0 Å². The van der Waals surface area contributed by atoms with Gasteiger partial charge in [-0.15, -0.1) is 22.0 Å². The van der Waals surface area contributed by atoms with Crippen molar-refractivity contribution in [2.45, 2.75) is 16.7 Å². The molecule has 0 spiro atoms. The van der Waals surface area contributed by atoms with Gasteiger partial charge in [-0.1, -0.05) is 54.6 Å². The molecule has 27 heavy (non-hydrogen) atoms. The first-order chi connectivity index (χ1) is 13.3. The van der Waals surface area contributed by atoms with Crippen LogP contribution < -0.4 is 5.32 Å². The Morgan fingerprint density at radius 3 is 2.41 bits per heavy atom. The molecular weight excluding hydrogens is 356 g/mol. The number of nitrogens with zero attached hydrogens (tertiary/aromatic N) is 3. The maximum Gasteiger partial charge on any atom is 0.238 e. The van der Waals surface area contributed by atoms with Crippen LogP contribution in [0.25, 0.3) is 5.65 Å². The molecule has 2 aromatic heterocycles. The van der Waals surface area contributed by atoms with Gasteiger partial charge in [0.05, 0.1) is 6.54 Å². The highest BCUT2D eigenvalue weighted by Crippen LogP contribution is 2.35. The molecule has 4 rings (SSSR count). The van der Waals surface area contributed by atoms with Crippen LogP contribution in [-0.2, 0) is 11.3 Å². The molecule has 6 heteroatoms. The summed E-state index contributed by atoms with van der Waals surface area (Å²) in [6.45, 7) is 0.322. The van der Waals surface area contributed by atoms with E-state index < -0.39 is 0 Å². The van der Waals surface area contributed by atoms with Crippen molar-refractivity contribution in [2.24, 2.45) is 0 Å². The molecule has 0 aliphatic heterocycles. The SMILES string of the molecule is O=C(NCc1nnc2ccccn12)[C@@H](Sc1ccccc1)c1ccccc1. The molecule has 0 aliphatic carbocycles. The molecule has 0 saturated carbocycles. The lowest BCUT2D eigenvalue weighted by atomic mass is 10.1. The van der Waals surface area contributed by atoms with E-state index in [1.54, 1.807) is 0 Å². The van der Waals surface area contributed by atoms with Gasteiger partial charge in [0, 0.05) is 11.1 Å². The average Bonchev–Trinajstić information content (AvgIpc) is 3.15. The Morgan fingerprint density at radius 2 is 1.63 bits per heavy atom. The van der Waals surface area contributed by atoms with E-state index in [2.05, 4.69) is 15.5 Å². The van der Waals surface area contributed by atoms with E-state index in [1.807, 2.05) is 89.5 Å². The topological polar surface area (TPSA) is 59.3 Å². The van der Waals surface area contributed by atoms with Crippen molar-refractivity contribution in [3.8, 4) is 0 Å². The van der Waals surface area contributed by atoms with Gasteiger partial charge in [0.15, 0.2) is 11.5 Å². The van der Waals surface area contributed by atoms with Gasteiger partial charge in [0.25, 0.3) is 0 Å². The number of carbonyl (C=O) groups is 1. The summed E-state index contributed by atoms with van der Waals surface area (Å²) in [5, 5.41) is 11.0. The van der Waals surface area contributed by atoms with Crippen molar-refractivity contribution < 1.29 is 4.79 Å². The Hall–Kier alpha value is -3.12. The molecule has 0 radical (unpaired) electrons. The zero-order valence-corrected chi connectivity index (χ0v) is 15.3. The Morgan fingerprint density at radius 1 is 0.926 bits per heavy atom. The number of pyridine rings is 1. The van der Waals surface area contributed by atoms with E-state index in [-0.39, 0.29) is 11.2 Å². The lowest BCUT2D eigenvalue weighted by Gasteiger charge is -2.17. The third-order valence-electron chi connectivity index (χ3n) is 4.14. The first kappa shape index (κ1) is 17.3. The standard InChI is InChI=1S/C21H18N4OS/c26-21(22-15-19-24-23-18-13-7-8-14-25(18)19)20(16-9-3-1-4-10-16)27-17-11-5-2-6-12-17/h1-14,20H,15H2,(H,22,26)/t20-/m0/s1. The minimum Gasteiger partial charge on any atom is -0.348 e. The van der Waals surface area contributed by atoms with Crippen LogP contribution >= 0.6 is 11.8 Å². The van der Waals surface area contributed by atoms with Crippen LogP contribution in [-0.4, -0.2) is 20.5 Å². The quantitative estimate of drug-likeness (QED) is 0.520. The first-order valence-electron chi connectivity index (χ1n) is 8.64. The third-order valence-corrected chi connectivity index (χ3v) is 5.41. The zero-order chi connectivity index (χ0) is 18.5. The predicted octanol–water partition coefficient (Wildman–Crippen LogP) is 3.88. The molecule has 2 heterocycles. The van der Waals surface area contributed by atoms with E-state index >= 15 is 0 Å². The monoisotopic (exact) mass is 374 g/mol. The van der Waals surface area contributed by atoms with Crippen LogP contribution in [0.1, 0.15) is 16.6 Å². The number of hydrogen-bond donors (Lipinski definition) is 1. The van der Waals surface area contributed by atoms with Crippen LogP contribution in [0.5, 0.6) is 0 Å². The van der Waals surface area contributed by atoms with Gasteiger partial charge in [0.1, 0.15) is 5.25 Å². The highest BCUT2D eigenvalue weighted by Gasteiger charge is 2.22. The molecule has 0 saturated heterocycles. The normalized spacial score (nSPS) is 12.0. The van der Waals surface area contributed by atoms with E-state index in [0.717, 1.165) is 16.1 Å². The molecule has 1 N–H and O–H groups in total. The fourth-order valence-corrected chi connectivity index (χ4v) is 3.88. The van der Waals surface area contributed by atoms with Gasteiger partial charge in [-0.25, -0.2) is 0 Å². The molecule has 0 unspecified atom stereocenters. The van der Waals surface area contributed by atoms with E-state index in [0.29, 0.717) is 12.4 Å². The van der Waals surface area contributed by atoms with Crippen molar-refractivity contribution >= 4 is 23.3 Å². The van der Waals surface area contributed by atoms with Crippen LogP contribution in [0.4, 0.5) is 0 Å². The zero-order valence-electron chi connectivity index (χ0n) is 14.5. The van der Waals surface area contributed by atoms with Gasteiger partial charge < -0.3 is 5.32 Å². The van der Waals surface area contributed by atoms with Crippen molar-refractivity contribution in [2.75, 3.05) is 0 Å². The number of carbonyl (C=O) groups excluding carboxylic acids is 1. The van der Waals surface area contributed by atoms with Crippen LogP contribution in [0.15, 0.2) is 90.0 Å². The Bertz CT molecular complexity index is 1030. The lowest BCUT2D eigenvalue weighted by molar-refractivity contribution is -0.120. The summed E-state index contributed by atoms with van der Waals surface area (Å²) in [5.41, 5.74) is 1.73. The van der Waals surface area contributed by atoms with E-state index in [4.69, 9.17) is 0 Å². The number of rotatable bonds is 6. The van der Waals surface area contributed by atoms with Crippen LogP contribution in [0.2, 0.25) is 0 Å². The Balaban J connectivity index is 1.53. The smallest absolute Gasteiger partial charge is 0.238 e. The maximum absolute atomic E-state index is 13.0. The predicted molar refractivity (Wildman–Crippen MR) is 106 cm³/mol. The summed E-state index contributed by atoms with van der Waals surface area (Å²) in [6.07, 6.45) is 1.89. The number of fused-ring (bicyclic) bond motifs is 1. The molecule has 0 aliphatic rings. The second-order valence-electron chi connectivity index (χ2n) is 5.98. The number of thioether (sulfide) groups is 1. The lowest BCUT2D eigenvalue weighted by Crippen LogP contribution is -2.28. The van der Waals surface area contributed by atoms with Crippen LogP contribution in [0, 0.1) is 0 Å². The van der Waals surface area contributed by atoms with Crippen molar-refractivity contribution in [3.63, 3.8) is 0 Å². The number of aromatic nitrogens is 3. The van der Waals surface area contributed by atoms with Crippen molar-refractivity contribution in [3.05, 3.63) is 96.4 Å². The van der Waals surface area contributed by atoms with Gasteiger partial charge in [0.2, 0.25) is 5.91 Å². The van der Waals surface area contributed by atoms with Gasteiger partial charge in [-0.05, 0) is 29.8 Å². The summed E-state index contributed by atoms with van der Waals surface area (Å²) in [4.78, 5) is 14.0. The van der Waals surface area contributed by atoms with Crippen LogP contribution in [0.3, 0.4) is 0 Å². The molecular formula is C21H18N4OS. The van der Waals surface area contributed by atoms with Gasteiger partial charge in [-0.2, -0.15) is 0 Å². The Kier molecular flexibility index (Phi) is 5.16. The summed E-state index contributed by atoms with van der Waals surface area (Å²) in [7, 11) is 0. The summed E-state index contributed by atoms with van der Waals surface area (Å²) < 4.78 is 1.88. The van der Waals surface area contributed by atoms with E-state index in [9.17, 15) is 4.79 Å². The molecule has 1 atom stereocenters. The second kappa shape index (κ2) is 8.05.